The molecule has 2 aromatic rings. The van der Waals surface area contributed by atoms with E-state index < -0.39 is 11.9 Å². The van der Waals surface area contributed by atoms with E-state index in [2.05, 4.69) is 4.98 Å². The van der Waals surface area contributed by atoms with Crippen molar-refractivity contribution in [2.75, 3.05) is 0 Å². The fourth-order valence-electron chi connectivity index (χ4n) is 2.55. The lowest BCUT2D eigenvalue weighted by Gasteiger charge is -2.21. The van der Waals surface area contributed by atoms with Gasteiger partial charge in [0.05, 0.1) is 17.7 Å². The third-order valence-corrected chi connectivity index (χ3v) is 3.59. The Labute approximate surface area is 126 Å². The first-order chi connectivity index (χ1) is 10.4. The highest BCUT2D eigenvalue weighted by atomic mass is 16.5. The summed E-state index contributed by atoms with van der Waals surface area (Å²) in [6, 6.07) is 6.96. The topological polar surface area (TPSA) is 103 Å². The van der Waals surface area contributed by atoms with Crippen LogP contribution in [0.25, 0.3) is 0 Å². The number of nitrogens with zero attached hydrogens (tertiary/aromatic N) is 1. The van der Waals surface area contributed by atoms with Crippen LogP contribution in [0.4, 0.5) is 0 Å². The van der Waals surface area contributed by atoms with Gasteiger partial charge in [0.25, 0.3) is 5.91 Å². The number of aryl methyl sites for hydroxylation is 1. The van der Waals surface area contributed by atoms with E-state index in [4.69, 9.17) is 15.6 Å². The zero-order valence-corrected chi connectivity index (χ0v) is 11.9. The van der Waals surface area contributed by atoms with Gasteiger partial charge in [0.2, 0.25) is 5.88 Å². The zero-order chi connectivity index (χ0) is 15.9. The number of amides is 1. The largest absolute Gasteiger partial charge is 0.481 e. The van der Waals surface area contributed by atoms with Crippen LogP contribution in [-0.4, -0.2) is 22.0 Å². The van der Waals surface area contributed by atoms with Gasteiger partial charge in [0.15, 0.2) is 0 Å². The Balaban J connectivity index is 1.99. The molecule has 6 nitrogen and oxygen atoms in total. The molecule has 3 N–H and O–H groups in total. The summed E-state index contributed by atoms with van der Waals surface area (Å²) < 4.78 is 5.74. The van der Waals surface area contributed by atoms with E-state index >= 15 is 0 Å². The number of fused-ring (bicyclic) bond motifs is 2. The van der Waals surface area contributed by atoms with Crippen molar-refractivity contribution in [1.82, 2.24) is 4.98 Å². The average Bonchev–Trinajstić information content (AvgIpc) is 2.43. The molecule has 0 saturated carbocycles. The summed E-state index contributed by atoms with van der Waals surface area (Å²) in [6.07, 6.45) is 0.477. The summed E-state index contributed by atoms with van der Waals surface area (Å²) in [5, 5.41) is 8.86. The molecule has 0 aliphatic carbocycles. The predicted molar refractivity (Wildman–Crippen MR) is 78.2 cm³/mol. The second kappa shape index (κ2) is 5.14. The summed E-state index contributed by atoms with van der Waals surface area (Å²) in [5.74, 6) is -0.301. The number of rotatable bonds is 3. The Morgan fingerprint density at radius 1 is 1.32 bits per heavy atom. The van der Waals surface area contributed by atoms with Crippen LogP contribution in [0.3, 0.4) is 0 Å². The van der Waals surface area contributed by atoms with Gasteiger partial charge in [-0.1, -0.05) is 12.1 Å². The Bertz CT molecular complexity index is 799. The number of aliphatic carboxylic acids is 1. The number of pyridine rings is 1. The van der Waals surface area contributed by atoms with E-state index in [1.54, 1.807) is 31.2 Å². The van der Waals surface area contributed by atoms with Crippen LogP contribution in [-0.2, 0) is 17.6 Å². The molecule has 0 fully saturated rings. The molecule has 1 amide bonds. The maximum Gasteiger partial charge on any atom is 0.307 e. The Morgan fingerprint density at radius 3 is 2.77 bits per heavy atom. The fraction of sp³-hybridized carbons (Fsp3) is 0.188. The molecule has 22 heavy (non-hydrogen) atoms. The molecular formula is C16H14N2O4. The van der Waals surface area contributed by atoms with Gasteiger partial charge in [-0.3, -0.25) is 9.59 Å². The number of carbonyl (C=O) groups is 2. The smallest absolute Gasteiger partial charge is 0.307 e. The van der Waals surface area contributed by atoms with Gasteiger partial charge < -0.3 is 15.6 Å². The molecule has 0 radical (unpaired) electrons. The number of carboxylic acids is 1. The molecule has 0 bridgehead atoms. The first-order valence-corrected chi connectivity index (χ1v) is 6.76. The molecule has 1 aliphatic heterocycles. The molecule has 6 heteroatoms. The lowest BCUT2D eigenvalue weighted by molar-refractivity contribution is -0.136. The molecule has 1 aliphatic rings. The van der Waals surface area contributed by atoms with Crippen molar-refractivity contribution in [3.8, 4) is 11.6 Å². The number of aromatic nitrogens is 1. The normalized spacial score (nSPS) is 12.0. The molecule has 0 atom stereocenters. The van der Waals surface area contributed by atoms with E-state index in [1.165, 1.54) is 0 Å². The first-order valence-electron chi connectivity index (χ1n) is 6.76. The van der Waals surface area contributed by atoms with Crippen molar-refractivity contribution in [2.45, 2.75) is 19.8 Å². The standard InChI is InChI=1S/C16H14N2O4/c1-8-12(15(17)21)7-11-6-10-4-9(5-14(19)20)2-3-13(10)22-16(11)18-8/h2-4,7H,5-6H2,1H3,(H2,17,21)(H,19,20). The van der Waals surface area contributed by atoms with Gasteiger partial charge in [-0.2, -0.15) is 0 Å². The third-order valence-electron chi connectivity index (χ3n) is 3.59. The van der Waals surface area contributed by atoms with Crippen LogP contribution >= 0.6 is 0 Å². The van der Waals surface area contributed by atoms with E-state index in [0.29, 0.717) is 34.9 Å². The molecule has 0 saturated heterocycles. The van der Waals surface area contributed by atoms with Gasteiger partial charge in [0.1, 0.15) is 5.75 Å². The zero-order valence-electron chi connectivity index (χ0n) is 11.9. The monoisotopic (exact) mass is 298 g/mol. The summed E-state index contributed by atoms with van der Waals surface area (Å²) in [4.78, 5) is 26.5. The van der Waals surface area contributed by atoms with Crippen LogP contribution in [0.15, 0.2) is 24.3 Å². The van der Waals surface area contributed by atoms with E-state index in [1.807, 2.05) is 0 Å². The Morgan fingerprint density at radius 2 is 2.09 bits per heavy atom. The lowest BCUT2D eigenvalue weighted by atomic mass is 9.97. The molecular weight excluding hydrogens is 284 g/mol. The highest BCUT2D eigenvalue weighted by Gasteiger charge is 2.21. The highest BCUT2D eigenvalue weighted by Crippen LogP contribution is 2.36. The van der Waals surface area contributed by atoms with Crippen molar-refractivity contribution in [3.63, 3.8) is 0 Å². The fourth-order valence-corrected chi connectivity index (χ4v) is 2.55. The molecule has 1 aromatic heterocycles. The number of hydrogen-bond donors (Lipinski definition) is 2. The van der Waals surface area contributed by atoms with Crippen LogP contribution < -0.4 is 10.5 Å². The minimum absolute atomic E-state index is 0.0428. The van der Waals surface area contributed by atoms with Crippen molar-refractivity contribution < 1.29 is 19.4 Å². The molecule has 2 heterocycles. The average molecular weight is 298 g/mol. The minimum Gasteiger partial charge on any atom is -0.481 e. The molecule has 1 aromatic carbocycles. The van der Waals surface area contributed by atoms with Crippen molar-refractivity contribution >= 4 is 11.9 Å². The Hall–Kier alpha value is -2.89. The van der Waals surface area contributed by atoms with Crippen LogP contribution in [0.2, 0.25) is 0 Å². The minimum atomic E-state index is -0.884. The quantitative estimate of drug-likeness (QED) is 0.767. The van der Waals surface area contributed by atoms with Crippen molar-refractivity contribution in [2.24, 2.45) is 5.73 Å². The number of ether oxygens (including phenoxy) is 1. The number of carboxylic acid groups (broad SMARTS) is 1. The summed E-state index contributed by atoms with van der Waals surface area (Å²) >= 11 is 0. The summed E-state index contributed by atoms with van der Waals surface area (Å²) in [6.45, 7) is 1.70. The predicted octanol–water partition coefficient (Wildman–Crippen LogP) is 1.81. The van der Waals surface area contributed by atoms with E-state index in [9.17, 15) is 9.59 Å². The molecule has 0 spiro atoms. The number of benzene rings is 1. The van der Waals surface area contributed by atoms with Crippen LogP contribution in [0.5, 0.6) is 11.6 Å². The van der Waals surface area contributed by atoms with E-state index in [0.717, 1.165) is 11.1 Å². The summed E-state index contributed by atoms with van der Waals surface area (Å²) in [5.41, 5.74) is 8.56. The number of hydrogen-bond acceptors (Lipinski definition) is 4. The molecule has 3 rings (SSSR count). The molecule has 0 unspecified atom stereocenters. The second-order valence-electron chi connectivity index (χ2n) is 5.24. The molecule has 112 valence electrons. The van der Waals surface area contributed by atoms with Crippen LogP contribution in [0, 0.1) is 6.92 Å². The Kier molecular flexibility index (Phi) is 3.29. The first kappa shape index (κ1) is 14.1. The van der Waals surface area contributed by atoms with Crippen molar-refractivity contribution in [3.05, 3.63) is 52.2 Å². The SMILES string of the molecule is Cc1nc2c(cc1C(N)=O)Cc1cc(CC(=O)O)ccc1O2. The highest BCUT2D eigenvalue weighted by molar-refractivity contribution is 5.94. The summed E-state index contributed by atoms with van der Waals surface area (Å²) in [7, 11) is 0. The van der Waals surface area contributed by atoms with Gasteiger partial charge in [-0.25, -0.2) is 4.98 Å². The lowest BCUT2D eigenvalue weighted by Crippen LogP contribution is -2.16. The number of nitrogens with two attached hydrogens (primary N) is 1. The van der Waals surface area contributed by atoms with Gasteiger partial charge in [0, 0.05) is 12.0 Å². The maximum absolute atomic E-state index is 11.4. The number of primary amides is 1. The van der Waals surface area contributed by atoms with Crippen molar-refractivity contribution in [1.29, 1.82) is 0 Å². The van der Waals surface area contributed by atoms with Gasteiger partial charge >= 0.3 is 5.97 Å². The van der Waals surface area contributed by atoms with Gasteiger partial charge in [-0.05, 0) is 30.2 Å². The third kappa shape index (κ3) is 2.50. The maximum atomic E-state index is 11.4. The van der Waals surface area contributed by atoms with E-state index in [-0.39, 0.29) is 6.42 Å². The van der Waals surface area contributed by atoms with Crippen LogP contribution in [0.1, 0.15) is 32.7 Å². The number of carbonyl (C=O) groups excluding carboxylic acids is 1. The van der Waals surface area contributed by atoms with Gasteiger partial charge in [-0.15, -0.1) is 0 Å². The second-order valence-corrected chi connectivity index (χ2v) is 5.24.